The zero-order valence-corrected chi connectivity index (χ0v) is 9.39. The van der Waals surface area contributed by atoms with E-state index in [-0.39, 0.29) is 5.69 Å². The van der Waals surface area contributed by atoms with Gasteiger partial charge in [-0.05, 0) is 21.0 Å². The van der Waals surface area contributed by atoms with Crippen LogP contribution >= 0.6 is 11.3 Å². The van der Waals surface area contributed by atoms with E-state index in [0.717, 1.165) is 22.9 Å². The standard InChI is InChI=1S/C9H14N2O2S/c1-6-8(9(12)13)10-7(14-6)4-5-11(2)3/h4-5H2,1-3H3,(H,12,13). The average Bonchev–Trinajstić information content (AvgIpc) is 2.43. The van der Waals surface area contributed by atoms with E-state index >= 15 is 0 Å². The van der Waals surface area contributed by atoms with Gasteiger partial charge in [-0.2, -0.15) is 0 Å². The van der Waals surface area contributed by atoms with Crippen molar-refractivity contribution in [2.45, 2.75) is 13.3 Å². The van der Waals surface area contributed by atoms with Crippen LogP contribution < -0.4 is 0 Å². The van der Waals surface area contributed by atoms with E-state index in [9.17, 15) is 4.79 Å². The Bertz CT molecular complexity index is 334. The summed E-state index contributed by atoms with van der Waals surface area (Å²) in [5.41, 5.74) is 0.198. The van der Waals surface area contributed by atoms with Gasteiger partial charge in [-0.3, -0.25) is 0 Å². The van der Waals surface area contributed by atoms with Crippen LogP contribution in [0.25, 0.3) is 0 Å². The molecule has 0 spiro atoms. The second kappa shape index (κ2) is 4.52. The van der Waals surface area contributed by atoms with Gasteiger partial charge in [-0.25, -0.2) is 9.78 Å². The number of rotatable bonds is 4. The number of carboxylic acid groups (broad SMARTS) is 1. The number of carbonyl (C=O) groups is 1. The summed E-state index contributed by atoms with van der Waals surface area (Å²) in [5, 5.41) is 9.69. The molecule has 0 aliphatic carbocycles. The van der Waals surface area contributed by atoms with Gasteiger partial charge in [0, 0.05) is 17.8 Å². The lowest BCUT2D eigenvalue weighted by atomic mass is 10.4. The monoisotopic (exact) mass is 214 g/mol. The van der Waals surface area contributed by atoms with Crippen molar-refractivity contribution in [2.24, 2.45) is 0 Å². The highest BCUT2D eigenvalue weighted by molar-refractivity contribution is 7.11. The minimum Gasteiger partial charge on any atom is -0.476 e. The summed E-state index contributed by atoms with van der Waals surface area (Å²) in [6.45, 7) is 2.69. The molecule has 78 valence electrons. The van der Waals surface area contributed by atoms with Crippen LogP contribution in [0.4, 0.5) is 0 Å². The molecular formula is C9H14N2O2S. The second-order valence-corrected chi connectivity index (χ2v) is 4.66. The molecule has 4 nitrogen and oxygen atoms in total. The molecule has 1 aromatic heterocycles. The van der Waals surface area contributed by atoms with E-state index in [2.05, 4.69) is 9.88 Å². The quantitative estimate of drug-likeness (QED) is 0.819. The molecule has 0 saturated carbocycles. The van der Waals surface area contributed by atoms with Gasteiger partial charge in [0.15, 0.2) is 5.69 Å². The first-order valence-electron chi connectivity index (χ1n) is 4.35. The Morgan fingerprint density at radius 3 is 2.64 bits per heavy atom. The topological polar surface area (TPSA) is 53.4 Å². The summed E-state index contributed by atoms with van der Waals surface area (Å²) in [4.78, 5) is 17.6. The maximum absolute atomic E-state index is 10.7. The number of nitrogens with zero attached hydrogens (tertiary/aromatic N) is 2. The van der Waals surface area contributed by atoms with Crippen LogP contribution in [0.15, 0.2) is 0 Å². The predicted octanol–water partition coefficient (Wildman–Crippen LogP) is 1.25. The van der Waals surface area contributed by atoms with Crippen molar-refractivity contribution in [3.8, 4) is 0 Å². The van der Waals surface area contributed by atoms with E-state index in [1.165, 1.54) is 11.3 Å². The Hall–Kier alpha value is -0.940. The average molecular weight is 214 g/mol. The first-order chi connectivity index (χ1) is 6.50. The van der Waals surface area contributed by atoms with E-state index < -0.39 is 5.97 Å². The van der Waals surface area contributed by atoms with Crippen molar-refractivity contribution in [3.05, 3.63) is 15.6 Å². The molecule has 0 fully saturated rings. The van der Waals surface area contributed by atoms with Crippen molar-refractivity contribution < 1.29 is 9.90 Å². The van der Waals surface area contributed by atoms with Gasteiger partial charge in [-0.1, -0.05) is 0 Å². The minimum atomic E-state index is -0.935. The van der Waals surface area contributed by atoms with Gasteiger partial charge in [0.25, 0.3) is 0 Å². The van der Waals surface area contributed by atoms with Gasteiger partial charge >= 0.3 is 5.97 Å². The molecule has 1 aromatic rings. The zero-order valence-electron chi connectivity index (χ0n) is 8.57. The first kappa shape index (κ1) is 11.1. The number of hydrogen-bond donors (Lipinski definition) is 1. The minimum absolute atomic E-state index is 0.198. The molecule has 0 bridgehead atoms. The normalized spacial score (nSPS) is 10.9. The lowest BCUT2D eigenvalue weighted by Gasteiger charge is -2.06. The molecule has 1 heterocycles. The number of aromatic carboxylic acids is 1. The number of likely N-dealkylation sites (N-methyl/N-ethyl adjacent to an activating group) is 1. The van der Waals surface area contributed by atoms with Crippen LogP contribution in [0.2, 0.25) is 0 Å². The summed E-state index contributed by atoms with van der Waals surface area (Å²) in [7, 11) is 3.97. The number of aromatic nitrogens is 1. The van der Waals surface area contributed by atoms with Gasteiger partial charge in [0.1, 0.15) is 0 Å². The fourth-order valence-electron chi connectivity index (χ4n) is 1.08. The SMILES string of the molecule is Cc1sc(CCN(C)C)nc1C(=O)O. The lowest BCUT2D eigenvalue weighted by Crippen LogP contribution is -2.15. The van der Waals surface area contributed by atoms with Crippen molar-refractivity contribution in [2.75, 3.05) is 20.6 Å². The molecule has 1 rings (SSSR count). The molecule has 0 atom stereocenters. The highest BCUT2D eigenvalue weighted by atomic mass is 32.1. The summed E-state index contributed by atoms with van der Waals surface area (Å²) in [6, 6.07) is 0. The summed E-state index contributed by atoms with van der Waals surface area (Å²) >= 11 is 1.47. The van der Waals surface area contributed by atoms with Crippen LogP contribution in [0.5, 0.6) is 0 Å². The van der Waals surface area contributed by atoms with E-state index in [0.29, 0.717) is 0 Å². The van der Waals surface area contributed by atoms with Gasteiger partial charge in [0.05, 0.1) is 5.01 Å². The molecule has 0 aliphatic heterocycles. The third kappa shape index (κ3) is 2.78. The van der Waals surface area contributed by atoms with Crippen molar-refractivity contribution in [1.29, 1.82) is 0 Å². The molecule has 0 amide bonds. The summed E-state index contributed by atoms with van der Waals surface area (Å²) in [5.74, 6) is -0.935. The summed E-state index contributed by atoms with van der Waals surface area (Å²) < 4.78 is 0. The molecule has 5 heteroatoms. The zero-order chi connectivity index (χ0) is 10.7. The Morgan fingerprint density at radius 1 is 1.57 bits per heavy atom. The van der Waals surface area contributed by atoms with Crippen LogP contribution in [-0.2, 0) is 6.42 Å². The van der Waals surface area contributed by atoms with Gasteiger partial charge in [0.2, 0.25) is 0 Å². The highest BCUT2D eigenvalue weighted by Crippen LogP contribution is 2.17. The van der Waals surface area contributed by atoms with E-state index in [1.54, 1.807) is 6.92 Å². The predicted molar refractivity (Wildman–Crippen MR) is 56.1 cm³/mol. The largest absolute Gasteiger partial charge is 0.476 e. The summed E-state index contributed by atoms with van der Waals surface area (Å²) in [6.07, 6.45) is 0.811. The highest BCUT2D eigenvalue weighted by Gasteiger charge is 2.13. The Morgan fingerprint density at radius 2 is 2.21 bits per heavy atom. The Balaban J connectivity index is 2.71. The Kier molecular flexibility index (Phi) is 3.60. The molecule has 0 aliphatic rings. The molecule has 1 N–H and O–H groups in total. The van der Waals surface area contributed by atoms with Crippen LogP contribution in [0.1, 0.15) is 20.4 Å². The second-order valence-electron chi connectivity index (χ2n) is 3.37. The van der Waals surface area contributed by atoms with Crippen molar-refractivity contribution in [1.82, 2.24) is 9.88 Å². The maximum atomic E-state index is 10.7. The lowest BCUT2D eigenvalue weighted by molar-refractivity contribution is 0.0690. The van der Waals surface area contributed by atoms with Crippen LogP contribution in [-0.4, -0.2) is 41.6 Å². The van der Waals surface area contributed by atoms with E-state index in [4.69, 9.17) is 5.11 Å². The number of carboxylic acids is 1. The van der Waals surface area contributed by atoms with Gasteiger partial charge in [-0.15, -0.1) is 11.3 Å². The van der Waals surface area contributed by atoms with Crippen LogP contribution in [0.3, 0.4) is 0 Å². The smallest absolute Gasteiger partial charge is 0.355 e. The third-order valence-electron chi connectivity index (χ3n) is 1.82. The maximum Gasteiger partial charge on any atom is 0.355 e. The van der Waals surface area contributed by atoms with Crippen molar-refractivity contribution in [3.63, 3.8) is 0 Å². The molecular weight excluding hydrogens is 200 g/mol. The first-order valence-corrected chi connectivity index (χ1v) is 5.16. The molecule has 0 unspecified atom stereocenters. The molecule has 0 radical (unpaired) electrons. The van der Waals surface area contributed by atoms with Crippen molar-refractivity contribution >= 4 is 17.3 Å². The van der Waals surface area contributed by atoms with Gasteiger partial charge < -0.3 is 10.0 Å². The molecule has 14 heavy (non-hydrogen) atoms. The third-order valence-corrected chi connectivity index (χ3v) is 2.85. The van der Waals surface area contributed by atoms with Crippen LogP contribution in [0, 0.1) is 6.92 Å². The van der Waals surface area contributed by atoms with E-state index in [1.807, 2.05) is 14.1 Å². The number of hydrogen-bond acceptors (Lipinski definition) is 4. The fourth-order valence-corrected chi connectivity index (χ4v) is 1.99. The number of thiazole rings is 1. The fraction of sp³-hybridized carbons (Fsp3) is 0.556. The molecule has 0 saturated heterocycles. The molecule has 0 aromatic carbocycles. The Labute approximate surface area is 87.2 Å². The number of aryl methyl sites for hydroxylation is 1.